The lowest BCUT2D eigenvalue weighted by Crippen LogP contribution is -2.36. The molecule has 0 aliphatic carbocycles. The summed E-state index contributed by atoms with van der Waals surface area (Å²) in [5.41, 5.74) is 4.98. The Labute approximate surface area is 120 Å². The van der Waals surface area contributed by atoms with Crippen molar-refractivity contribution in [1.82, 2.24) is 4.90 Å². The Morgan fingerprint density at radius 2 is 1.90 bits per heavy atom. The van der Waals surface area contributed by atoms with Gasteiger partial charge in [-0.2, -0.15) is 0 Å². The van der Waals surface area contributed by atoms with Crippen LogP contribution < -0.4 is 0 Å². The number of aryl methyl sites for hydroxylation is 1. The van der Waals surface area contributed by atoms with Crippen molar-refractivity contribution in [2.75, 3.05) is 6.54 Å². The molecule has 0 saturated carbocycles. The molecule has 2 aromatic rings. The van der Waals surface area contributed by atoms with Crippen LogP contribution in [0.1, 0.15) is 22.3 Å². The third-order valence-corrected chi connectivity index (χ3v) is 3.92. The summed E-state index contributed by atoms with van der Waals surface area (Å²) < 4.78 is 0. The Kier molecular flexibility index (Phi) is 3.55. The van der Waals surface area contributed by atoms with E-state index in [1.807, 2.05) is 23.1 Å². The van der Waals surface area contributed by atoms with E-state index in [1.54, 1.807) is 0 Å². The summed E-state index contributed by atoms with van der Waals surface area (Å²) in [4.78, 5) is 14.4. The molecular formula is C18H19NO. The van der Waals surface area contributed by atoms with Gasteiger partial charge in [-0.05, 0) is 30.0 Å². The van der Waals surface area contributed by atoms with E-state index in [2.05, 4.69) is 37.3 Å². The Morgan fingerprint density at radius 1 is 1.10 bits per heavy atom. The molecule has 0 bridgehead atoms. The SMILES string of the molecule is Cc1cccc(CC(=O)N2CCc3ccccc3C2)c1. The first-order valence-corrected chi connectivity index (χ1v) is 7.12. The van der Waals surface area contributed by atoms with Crippen LogP contribution in [0, 0.1) is 6.92 Å². The third kappa shape index (κ3) is 2.74. The van der Waals surface area contributed by atoms with Crippen LogP contribution in [0.2, 0.25) is 0 Å². The molecule has 1 heterocycles. The molecule has 20 heavy (non-hydrogen) atoms. The maximum Gasteiger partial charge on any atom is 0.227 e. The van der Waals surface area contributed by atoms with Crippen LogP contribution in [0.3, 0.4) is 0 Å². The first-order chi connectivity index (χ1) is 9.72. The van der Waals surface area contributed by atoms with Gasteiger partial charge in [0.15, 0.2) is 0 Å². The van der Waals surface area contributed by atoms with Crippen molar-refractivity contribution < 1.29 is 4.79 Å². The van der Waals surface area contributed by atoms with Crippen molar-refractivity contribution in [3.63, 3.8) is 0 Å². The van der Waals surface area contributed by atoms with E-state index in [-0.39, 0.29) is 5.91 Å². The summed E-state index contributed by atoms with van der Waals surface area (Å²) in [5, 5.41) is 0. The van der Waals surface area contributed by atoms with Crippen molar-refractivity contribution in [2.24, 2.45) is 0 Å². The molecule has 102 valence electrons. The topological polar surface area (TPSA) is 20.3 Å². The van der Waals surface area contributed by atoms with E-state index < -0.39 is 0 Å². The van der Waals surface area contributed by atoms with Crippen LogP contribution in [0.25, 0.3) is 0 Å². The molecular weight excluding hydrogens is 246 g/mol. The molecule has 1 aliphatic heterocycles. The van der Waals surface area contributed by atoms with Gasteiger partial charge in [0.25, 0.3) is 0 Å². The summed E-state index contributed by atoms with van der Waals surface area (Å²) in [5.74, 6) is 0.227. The largest absolute Gasteiger partial charge is 0.338 e. The summed E-state index contributed by atoms with van der Waals surface area (Å²) in [6, 6.07) is 16.6. The van der Waals surface area contributed by atoms with E-state index >= 15 is 0 Å². The van der Waals surface area contributed by atoms with Crippen molar-refractivity contribution in [3.05, 3.63) is 70.8 Å². The minimum Gasteiger partial charge on any atom is -0.338 e. The molecule has 0 fully saturated rings. The fourth-order valence-electron chi connectivity index (χ4n) is 2.82. The van der Waals surface area contributed by atoms with E-state index in [1.165, 1.54) is 16.7 Å². The molecule has 0 radical (unpaired) electrons. The maximum atomic E-state index is 12.4. The molecule has 0 saturated heterocycles. The van der Waals surface area contributed by atoms with Gasteiger partial charge in [0.2, 0.25) is 5.91 Å². The summed E-state index contributed by atoms with van der Waals surface area (Å²) >= 11 is 0. The van der Waals surface area contributed by atoms with Crippen molar-refractivity contribution in [3.8, 4) is 0 Å². The highest BCUT2D eigenvalue weighted by atomic mass is 16.2. The molecule has 1 amide bonds. The molecule has 2 heteroatoms. The minimum atomic E-state index is 0.227. The molecule has 0 N–H and O–H groups in total. The zero-order valence-corrected chi connectivity index (χ0v) is 11.8. The molecule has 0 unspecified atom stereocenters. The second-order valence-corrected chi connectivity index (χ2v) is 5.50. The molecule has 1 aliphatic rings. The van der Waals surface area contributed by atoms with Gasteiger partial charge in [-0.1, -0.05) is 54.1 Å². The first-order valence-electron chi connectivity index (χ1n) is 7.12. The minimum absolute atomic E-state index is 0.227. The van der Waals surface area contributed by atoms with E-state index in [9.17, 15) is 4.79 Å². The fourth-order valence-corrected chi connectivity index (χ4v) is 2.82. The predicted octanol–water partition coefficient (Wildman–Crippen LogP) is 3.12. The first kappa shape index (κ1) is 12.9. The molecule has 2 nitrogen and oxygen atoms in total. The Bertz CT molecular complexity index is 633. The fraction of sp³-hybridized carbons (Fsp3) is 0.278. The van der Waals surface area contributed by atoms with E-state index in [4.69, 9.17) is 0 Å². The maximum absolute atomic E-state index is 12.4. The number of hydrogen-bond acceptors (Lipinski definition) is 1. The normalized spacial score (nSPS) is 13.9. The predicted molar refractivity (Wildman–Crippen MR) is 80.4 cm³/mol. The van der Waals surface area contributed by atoms with Gasteiger partial charge >= 0.3 is 0 Å². The summed E-state index contributed by atoms with van der Waals surface area (Å²) in [6.45, 7) is 3.65. The number of benzene rings is 2. The van der Waals surface area contributed by atoms with Gasteiger partial charge in [-0.3, -0.25) is 4.79 Å². The molecule has 0 spiro atoms. The van der Waals surface area contributed by atoms with Crippen LogP contribution in [0.4, 0.5) is 0 Å². The van der Waals surface area contributed by atoms with Gasteiger partial charge in [0, 0.05) is 13.1 Å². The zero-order valence-electron chi connectivity index (χ0n) is 11.8. The van der Waals surface area contributed by atoms with Crippen LogP contribution in [-0.2, 0) is 24.2 Å². The van der Waals surface area contributed by atoms with Crippen LogP contribution in [0.5, 0.6) is 0 Å². The summed E-state index contributed by atoms with van der Waals surface area (Å²) in [6.07, 6.45) is 1.47. The number of hydrogen-bond donors (Lipinski definition) is 0. The molecule has 2 aromatic carbocycles. The quantitative estimate of drug-likeness (QED) is 0.817. The number of fused-ring (bicyclic) bond motifs is 1. The van der Waals surface area contributed by atoms with Gasteiger partial charge in [0.05, 0.1) is 6.42 Å². The Balaban J connectivity index is 1.70. The highest BCUT2D eigenvalue weighted by molar-refractivity contribution is 5.79. The Hall–Kier alpha value is -2.09. The van der Waals surface area contributed by atoms with E-state index in [0.717, 1.165) is 25.1 Å². The number of rotatable bonds is 2. The second kappa shape index (κ2) is 5.49. The van der Waals surface area contributed by atoms with Gasteiger partial charge in [-0.15, -0.1) is 0 Å². The zero-order chi connectivity index (χ0) is 13.9. The lowest BCUT2D eigenvalue weighted by molar-refractivity contribution is -0.131. The van der Waals surface area contributed by atoms with Crippen molar-refractivity contribution in [1.29, 1.82) is 0 Å². The number of amides is 1. The van der Waals surface area contributed by atoms with Gasteiger partial charge in [-0.25, -0.2) is 0 Å². The van der Waals surface area contributed by atoms with Crippen LogP contribution in [0.15, 0.2) is 48.5 Å². The average molecular weight is 265 g/mol. The highest BCUT2D eigenvalue weighted by Crippen LogP contribution is 2.19. The van der Waals surface area contributed by atoms with Crippen LogP contribution >= 0.6 is 0 Å². The lowest BCUT2D eigenvalue weighted by Gasteiger charge is -2.29. The molecule has 0 atom stereocenters. The molecule has 0 aromatic heterocycles. The molecule has 3 rings (SSSR count). The van der Waals surface area contributed by atoms with Crippen molar-refractivity contribution >= 4 is 5.91 Å². The smallest absolute Gasteiger partial charge is 0.227 e. The van der Waals surface area contributed by atoms with Gasteiger partial charge in [0.1, 0.15) is 0 Å². The summed E-state index contributed by atoms with van der Waals surface area (Å²) in [7, 11) is 0. The van der Waals surface area contributed by atoms with Gasteiger partial charge < -0.3 is 4.90 Å². The van der Waals surface area contributed by atoms with Crippen LogP contribution in [-0.4, -0.2) is 17.4 Å². The average Bonchev–Trinajstić information content (AvgIpc) is 2.47. The Morgan fingerprint density at radius 3 is 2.70 bits per heavy atom. The highest BCUT2D eigenvalue weighted by Gasteiger charge is 2.20. The number of nitrogens with zero attached hydrogens (tertiary/aromatic N) is 1. The van der Waals surface area contributed by atoms with E-state index in [0.29, 0.717) is 6.42 Å². The monoisotopic (exact) mass is 265 g/mol. The van der Waals surface area contributed by atoms with Crippen molar-refractivity contribution in [2.45, 2.75) is 26.3 Å². The third-order valence-electron chi connectivity index (χ3n) is 3.92. The lowest BCUT2D eigenvalue weighted by atomic mass is 9.99. The number of carbonyl (C=O) groups excluding carboxylic acids is 1. The number of carbonyl (C=O) groups is 1. The standard InChI is InChI=1S/C18H19NO/c1-14-5-4-6-15(11-14)12-18(20)19-10-9-16-7-2-3-8-17(16)13-19/h2-8,11H,9-10,12-13H2,1H3. The second-order valence-electron chi connectivity index (χ2n) is 5.50.